The molecule has 0 spiro atoms. The second kappa shape index (κ2) is 15.5. The first-order valence-corrected chi connectivity index (χ1v) is 11.5. The maximum atomic E-state index is 8.92. The number of ether oxygens (including phenoxy) is 5. The van der Waals surface area contributed by atoms with E-state index in [1.54, 1.807) is 6.07 Å². The van der Waals surface area contributed by atoms with Crippen molar-refractivity contribution in [2.24, 2.45) is 0 Å². The van der Waals surface area contributed by atoms with Crippen LogP contribution in [0.3, 0.4) is 0 Å². The van der Waals surface area contributed by atoms with Gasteiger partial charge in [-0.3, -0.25) is 0 Å². The molecule has 178 valence electrons. The number of hydrogen-bond acceptors (Lipinski definition) is 6. The monoisotopic (exact) mass is 446 g/mol. The molecule has 1 N–H and O–H groups in total. The van der Waals surface area contributed by atoms with Crippen LogP contribution in [0.5, 0.6) is 17.2 Å². The lowest BCUT2D eigenvalue weighted by Crippen LogP contribution is -2.10. The zero-order valence-corrected chi connectivity index (χ0v) is 19.7. The molecule has 1 aliphatic heterocycles. The predicted octanol–water partition coefficient (Wildman–Crippen LogP) is 5.42. The van der Waals surface area contributed by atoms with Gasteiger partial charge in [0, 0.05) is 6.61 Å². The largest absolute Gasteiger partial charge is 0.508 e. The Hall–Kier alpha value is -2.28. The zero-order valence-electron chi connectivity index (χ0n) is 19.7. The molecule has 0 fully saturated rings. The molecule has 0 atom stereocenters. The molecule has 3 rings (SSSR count). The van der Waals surface area contributed by atoms with E-state index in [4.69, 9.17) is 28.8 Å². The van der Waals surface area contributed by atoms with Gasteiger partial charge in [0.25, 0.3) is 0 Å². The minimum Gasteiger partial charge on any atom is -0.508 e. The van der Waals surface area contributed by atoms with Gasteiger partial charge >= 0.3 is 0 Å². The van der Waals surface area contributed by atoms with Gasteiger partial charge in [-0.2, -0.15) is 0 Å². The number of benzene rings is 2. The quantitative estimate of drug-likeness (QED) is 0.415. The van der Waals surface area contributed by atoms with Crippen molar-refractivity contribution in [3.8, 4) is 17.2 Å². The van der Waals surface area contributed by atoms with Crippen molar-refractivity contribution in [1.29, 1.82) is 0 Å². The summed E-state index contributed by atoms with van der Waals surface area (Å²) in [5.74, 6) is 2.02. The lowest BCUT2D eigenvalue weighted by molar-refractivity contribution is 0.0101. The maximum absolute atomic E-state index is 8.92. The van der Waals surface area contributed by atoms with Crippen LogP contribution in [-0.4, -0.2) is 44.9 Å². The topological polar surface area (TPSA) is 66.4 Å². The summed E-state index contributed by atoms with van der Waals surface area (Å²) in [6.45, 7) is 10.3. The van der Waals surface area contributed by atoms with E-state index >= 15 is 0 Å². The molecule has 0 amide bonds. The number of para-hydroxylation sites is 1. The normalized spacial score (nSPS) is 11.8. The SMILES string of the molecule is CCCCOCCOCCOCc1cc2c(cc1CCC)OCO2.Cc1ccccc1O. The number of rotatable bonds is 13. The summed E-state index contributed by atoms with van der Waals surface area (Å²) in [6.07, 6.45) is 4.38. The Kier molecular flexibility index (Phi) is 12.6. The molecule has 6 heteroatoms. The van der Waals surface area contributed by atoms with E-state index in [1.807, 2.05) is 31.2 Å². The summed E-state index contributed by atoms with van der Waals surface area (Å²) >= 11 is 0. The molecule has 1 aliphatic rings. The molecule has 0 unspecified atom stereocenters. The number of phenols is 1. The second-order valence-electron chi connectivity index (χ2n) is 7.64. The number of aryl methyl sites for hydroxylation is 2. The third-order valence-corrected chi connectivity index (χ3v) is 4.97. The Balaban J connectivity index is 0.000000380. The van der Waals surface area contributed by atoms with E-state index in [2.05, 4.69) is 19.9 Å². The fraction of sp³-hybridized carbons (Fsp3) is 0.538. The third-order valence-electron chi connectivity index (χ3n) is 4.97. The van der Waals surface area contributed by atoms with E-state index in [9.17, 15) is 0 Å². The first kappa shape index (κ1) is 26.0. The smallest absolute Gasteiger partial charge is 0.231 e. The van der Waals surface area contributed by atoms with E-state index in [0.29, 0.717) is 45.6 Å². The summed E-state index contributed by atoms with van der Waals surface area (Å²) in [5.41, 5.74) is 3.36. The number of hydrogen-bond donors (Lipinski definition) is 1. The number of fused-ring (bicyclic) bond motifs is 1. The summed E-state index contributed by atoms with van der Waals surface area (Å²) in [5, 5.41) is 8.92. The van der Waals surface area contributed by atoms with Crippen molar-refractivity contribution < 1.29 is 28.8 Å². The van der Waals surface area contributed by atoms with Crippen LogP contribution in [0, 0.1) is 6.92 Å². The minimum atomic E-state index is 0.305. The van der Waals surface area contributed by atoms with Crippen molar-refractivity contribution >= 4 is 0 Å². The Bertz CT molecular complexity index is 756. The molecule has 0 bridgehead atoms. The zero-order chi connectivity index (χ0) is 23.0. The Morgan fingerprint density at radius 2 is 1.44 bits per heavy atom. The Morgan fingerprint density at radius 3 is 2.03 bits per heavy atom. The second-order valence-corrected chi connectivity index (χ2v) is 7.64. The van der Waals surface area contributed by atoms with E-state index in [-0.39, 0.29) is 0 Å². The van der Waals surface area contributed by atoms with Crippen molar-refractivity contribution in [2.75, 3.05) is 39.8 Å². The van der Waals surface area contributed by atoms with Crippen LogP contribution >= 0.6 is 0 Å². The fourth-order valence-corrected chi connectivity index (χ4v) is 3.09. The summed E-state index contributed by atoms with van der Waals surface area (Å²) in [7, 11) is 0. The first-order valence-electron chi connectivity index (χ1n) is 11.5. The number of aromatic hydroxyl groups is 1. The molecule has 2 aromatic carbocycles. The summed E-state index contributed by atoms with van der Waals surface area (Å²) in [4.78, 5) is 0. The number of unbranched alkanes of at least 4 members (excludes halogenated alkanes) is 1. The number of phenolic OH excluding ortho intramolecular Hbond substituents is 1. The van der Waals surface area contributed by atoms with Crippen LogP contribution in [-0.2, 0) is 27.2 Å². The van der Waals surface area contributed by atoms with Gasteiger partial charge in [0.1, 0.15) is 5.75 Å². The van der Waals surface area contributed by atoms with Crippen LogP contribution in [0.1, 0.15) is 49.8 Å². The standard InChI is InChI=1S/C19H30O5.C7H8O/c1-3-5-7-20-8-9-21-10-11-22-14-17-13-19-18(23-15-24-19)12-16(17)6-4-2;1-6-4-2-3-5-7(6)8/h12-13H,3-11,14-15H2,1-2H3;2-5,8H,1H3. The lowest BCUT2D eigenvalue weighted by atomic mass is 10.0. The minimum absolute atomic E-state index is 0.305. The molecule has 1 heterocycles. The van der Waals surface area contributed by atoms with Gasteiger partial charge in [-0.05, 0) is 54.7 Å². The van der Waals surface area contributed by atoms with E-state index < -0.39 is 0 Å². The van der Waals surface area contributed by atoms with Crippen LogP contribution in [0.4, 0.5) is 0 Å². The van der Waals surface area contributed by atoms with Gasteiger partial charge < -0.3 is 28.8 Å². The Morgan fingerprint density at radius 1 is 0.812 bits per heavy atom. The molecule has 0 saturated carbocycles. The lowest BCUT2D eigenvalue weighted by Gasteiger charge is -2.11. The van der Waals surface area contributed by atoms with Gasteiger partial charge in [-0.1, -0.05) is 44.9 Å². The fourth-order valence-electron chi connectivity index (χ4n) is 3.09. The highest BCUT2D eigenvalue weighted by Crippen LogP contribution is 2.35. The van der Waals surface area contributed by atoms with Crippen molar-refractivity contribution in [3.05, 3.63) is 53.1 Å². The molecule has 0 aromatic heterocycles. The third kappa shape index (κ3) is 9.47. The predicted molar refractivity (Wildman–Crippen MR) is 126 cm³/mol. The van der Waals surface area contributed by atoms with Crippen molar-refractivity contribution in [1.82, 2.24) is 0 Å². The average molecular weight is 447 g/mol. The van der Waals surface area contributed by atoms with Gasteiger partial charge in [-0.25, -0.2) is 0 Å². The highest BCUT2D eigenvalue weighted by Gasteiger charge is 2.16. The molecular weight excluding hydrogens is 408 g/mol. The van der Waals surface area contributed by atoms with Crippen LogP contribution in [0.2, 0.25) is 0 Å². The molecule has 32 heavy (non-hydrogen) atoms. The molecule has 0 aliphatic carbocycles. The molecule has 6 nitrogen and oxygen atoms in total. The highest BCUT2D eigenvalue weighted by molar-refractivity contribution is 5.48. The van der Waals surface area contributed by atoms with Crippen LogP contribution in [0.25, 0.3) is 0 Å². The van der Waals surface area contributed by atoms with Crippen molar-refractivity contribution in [3.63, 3.8) is 0 Å². The molecule has 0 radical (unpaired) electrons. The van der Waals surface area contributed by atoms with E-state index in [0.717, 1.165) is 49.4 Å². The van der Waals surface area contributed by atoms with Gasteiger partial charge in [0.2, 0.25) is 6.79 Å². The van der Waals surface area contributed by atoms with Gasteiger partial charge in [-0.15, -0.1) is 0 Å². The van der Waals surface area contributed by atoms with Gasteiger partial charge in [0.05, 0.1) is 33.0 Å². The van der Waals surface area contributed by atoms with Crippen LogP contribution < -0.4 is 9.47 Å². The first-order chi connectivity index (χ1) is 15.7. The Labute approximate surface area is 192 Å². The average Bonchev–Trinajstić information content (AvgIpc) is 3.25. The highest BCUT2D eigenvalue weighted by atomic mass is 16.7. The summed E-state index contributed by atoms with van der Waals surface area (Å²) < 4.78 is 27.6. The maximum Gasteiger partial charge on any atom is 0.231 e. The van der Waals surface area contributed by atoms with Crippen LogP contribution in [0.15, 0.2) is 36.4 Å². The summed E-state index contributed by atoms with van der Waals surface area (Å²) in [6, 6.07) is 11.4. The van der Waals surface area contributed by atoms with Gasteiger partial charge in [0.15, 0.2) is 11.5 Å². The molecule has 0 saturated heterocycles. The van der Waals surface area contributed by atoms with Crippen molar-refractivity contribution in [2.45, 2.75) is 53.1 Å². The van der Waals surface area contributed by atoms with E-state index in [1.165, 1.54) is 11.1 Å². The molecule has 2 aromatic rings. The molecular formula is C26H38O6.